The van der Waals surface area contributed by atoms with Gasteiger partial charge in [0.2, 0.25) is 0 Å². The van der Waals surface area contributed by atoms with Crippen LogP contribution in [0.25, 0.3) is 11.1 Å². The van der Waals surface area contributed by atoms with Gasteiger partial charge in [0.05, 0.1) is 12.7 Å². The molecule has 0 aliphatic carbocycles. The molecule has 0 unspecified atom stereocenters. The first-order chi connectivity index (χ1) is 9.38. The summed E-state index contributed by atoms with van der Waals surface area (Å²) in [6.07, 6.45) is 4.86. The van der Waals surface area contributed by atoms with Crippen LogP contribution < -0.4 is 5.32 Å². The van der Waals surface area contributed by atoms with Crippen LogP contribution in [0.2, 0.25) is 0 Å². The minimum atomic E-state index is 0. The van der Waals surface area contributed by atoms with Crippen LogP contribution in [0.3, 0.4) is 0 Å². The summed E-state index contributed by atoms with van der Waals surface area (Å²) >= 11 is 0. The Bertz CT molecular complexity index is 563. The number of nitrogens with zero attached hydrogens (tertiary/aromatic N) is 1. The first kappa shape index (κ1) is 17.9. The van der Waals surface area contributed by atoms with Crippen LogP contribution in [-0.2, 0) is 11.2 Å². The van der Waals surface area contributed by atoms with Gasteiger partial charge in [-0.2, -0.15) is 0 Å². The molecule has 0 bridgehead atoms. The van der Waals surface area contributed by atoms with Crippen LogP contribution in [0.4, 0.5) is 0 Å². The maximum atomic E-state index is 5.86. The smallest absolute Gasteiger partial charge is 0.0952 e. The molecule has 1 aliphatic rings. The molecule has 1 aromatic carbocycles. The molecule has 1 atom stereocenters. The van der Waals surface area contributed by atoms with Gasteiger partial charge in [-0.3, -0.25) is 4.98 Å². The summed E-state index contributed by atoms with van der Waals surface area (Å²) in [5.74, 6) is 0. The lowest BCUT2D eigenvalue weighted by atomic mass is 9.93. The van der Waals surface area contributed by atoms with Crippen molar-refractivity contribution in [3.63, 3.8) is 0 Å². The predicted octanol–water partition coefficient (Wildman–Crippen LogP) is 3.43. The number of aromatic nitrogens is 1. The van der Waals surface area contributed by atoms with E-state index < -0.39 is 0 Å². The molecule has 5 heteroatoms. The highest BCUT2D eigenvalue weighted by Crippen LogP contribution is 2.30. The van der Waals surface area contributed by atoms with Crippen molar-refractivity contribution < 1.29 is 4.74 Å². The third kappa shape index (κ3) is 3.95. The molecule has 0 saturated heterocycles. The fourth-order valence-electron chi connectivity index (χ4n) is 2.59. The second-order valence-corrected chi connectivity index (χ2v) is 4.82. The lowest BCUT2D eigenvalue weighted by Gasteiger charge is -2.26. The van der Waals surface area contributed by atoms with Crippen molar-refractivity contribution in [3.8, 4) is 11.1 Å². The van der Waals surface area contributed by atoms with Gasteiger partial charge in [0, 0.05) is 18.9 Å². The third-order valence-electron chi connectivity index (χ3n) is 3.57. The van der Waals surface area contributed by atoms with Crippen molar-refractivity contribution in [2.24, 2.45) is 0 Å². The van der Waals surface area contributed by atoms with Crippen molar-refractivity contribution in [3.05, 3.63) is 53.9 Å². The van der Waals surface area contributed by atoms with Gasteiger partial charge >= 0.3 is 0 Å². The number of halogens is 2. The van der Waals surface area contributed by atoms with Gasteiger partial charge in [0.15, 0.2) is 0 Å². The summed E-state index contributed by atoms with van der Waals surface area (Å²) in [5, 5.41) is 3.20. The molecule has 1 aromatic heterocycles. The van der Waals surface area contributed by atoms with Crippen LogP contribution >= 0.6 is 24.8 Å². The fraction of sp³-hybridized carbons (Fsp3) is 0.312. The van der Waals surface area contributed by atoms with Gasteiger partial charge in [0.25, 0.3) is 0 Å². The topological polar surface area (TPSA) is 34.1 Å². The average molecular weight is 327 g/mol. The van der Waals surface area contributed by atoms with Crippen molar-refractivity contribution >= 4 is 24.8 Å². The van der Waals surface area contributed by atoms with Gasteiger partial charge in [-0.15, -0.1) is 24.8 Å². The van der Waals surface area contributed by atoms with Gasteiger partial charge in [-0.25, -0.2) is 0 Å². The van der Waals surface area contributed by atoms with Gasteiger partial charge < -0.3 is 10.1 Å². The Morgan fingerprint density at radius 1 is 1.24 bits per heavy atom. The Morgan fingerprint density at radius 3 is 2.81 bits per heavy atom. The average Bonchev–Trinajstić information content (AvgIpc) is 2.48. The van der Waals surface area contributed by atoms with Gasteiger partial charge in [-0.1, -0.05) is 18.2 Å². The highest BCUT2D eigenvalue weighted by Gasteiger charge is 2.20. The molecule has 1 N–H and O–H groups in total. The van der Waals surface area contributed by atoms with E-state index >= 15 is 0 Å². The van der Waals surface area contributed by atoms with E-state index in [9.17, 15) is 0 Å². The first-order valence-corrected chi connectivity index (χ1v) is 6.68. The number of ether oxygens (including phenoxy) is 1. The number of benzene rings is 1. The maximum absolute atomic E-state index is 5.86. The standard InChI is InChI=1S/C16H18N2O.2ClH/c1-17-11-16-15-9-13(14-3-2-7-18-10-14)5-4-12(15)6-8-19-16;;/h2-5,7,9-10,16-17H,6,8,11H2,1H3;2*1H/t16-;;/m1../s1. The van der Waals surface area contributed by atoms with Gasteiger partial charge in [0.1, 0.15) is 0 Å². The summed E-state index contributed by atoms with van der Waals surface area (Å²) in [6, 6.07) is 10.7. The minimum Gasteiger partial charge on any atom is -0.372 e. The molecule has 114 valence electrons. The molecule has 21 heavy (non-hydrogen) atoms. The molecule has 0 fully saturated rings. The SMILES string of the molecule is CNC[C@H]1OCCc2ccc(-c3cccnc3)cc21.Cl.Cl. The molecule has 1 aliphatic heterocycles. The monoisotopic (exact) mass is 326 g/mol. The number of rotatable bonds is 3. The summed E-state index contributed by atoms with van der Waals surface area (Å²) in [6.45, 7) is 1.66. The second-order valence-electron chi connectivity index (χ2n) is 4.82. The van der Waals surface area contributed by atoms with E-state index in [1.165, 1.54) is 16.7 Å². The van der Waals surface area contributed by atoms with E-state index in [0.29, 0.717) is 0 Å². The van der Waals surface area contributed by atoms with Gasteiger partial charge in [-0.05, 0) is 47.9 Å². The lowest BCUT2D eigenvalue weighted by Crippen LogP contribution is -2.25. The summed E-state index contributed by atoms with van der Waals surface area (Å²) in [7, 11) is 1.96. The van der Waals surface area contributed by atoms with Crippen molar-refractivity contribution in [2.45, 2.75) is 12.5 Å². The molecule has 0 saturated carbocycles. The zero-order valence-electron chi connectivity index (χ0n) is 11.9. The van der Waals surface area contributed by atoms with Crippen LogP contribution in [0, 0.1) is 0 Å². The Morgan fingerprint density at radius 2 is 2.10 bits per heavy atom. The molecule has 0 amide bonds. The fourth-order valence-corrected chi connectivity index (χ4v) is 2.59. The molecule has 2 heterocycles. The number of hydrogen-bond donors (Lipinski definition) is 1. The highest BCUT2D eigenvalue weighted by molar-refractivity contribution is 5.85. The molecular formula is C16H20Cl2N2O. The number of pyridine rings is 1. The van der Waals surface area contributed by atoms with E-state index in [1.54, 1.807) is 6.20 Å². The normalized spacial score (nSPS) is 16.3. The zero-order chi connectivity index (χ0) is 13.1. The quantitative estimate of drug-likeness (QED) is 0.938. The second kappa shape index (κ2) is 8.35. The molecular weight excluding hydrogens is 307 g/mol. The van der Waals surface area contributed by atoms with Crippen molar-refractivity contribution in [2.75, 3.05) is 20.2 Å². The predicted molar refractivity (Wildman–Crippen MR) is 90.5 cm³/mol. The molecule has 3 rings (SSSR count). The number of nitrogens with one attached hydrogen (secondary N) is 1. The van der Waals surface area contributed by atoms with Crippen LogP contribution in [-0.4, -0.2) is 25.2 Å². The van der Waals surface area contributed by atoms with E-state index in [-0.39, 0.29) is 30.9 Å². The molecule has 0 spiro atoms. The van der Waals surface area contributed by atoms with E-state index in [4.69, 9.17) is 4.74 Å². The molecule has 2 aromatic rings. The van der Waals surface area contributed by atoms with Crippen molar-refractivity contribution in [1.29, 1.82) is 0 Å². The Kier molecular flexibility index (Phi) is 7.12. The maximum Gasteiger partial charge on any atom is 0.0952 e. The number of fused-ring (bicyclic) bond motifs is 1. The lowest BCUT2D eigenvalue weighted by molar-refractivity contribution is 0.0439. The van der Waals surface area contributed by atoms with E-state index in [0.717, 1.165) is 25.1 Å². The minimum absolute atomic E-state index is 0. The molecule has 3 nitrogen and oxygen atoms in total. The van der Waals surface area contributed by atoms with Crippen molar-refractivity contribution in [1.82, 2.24) is 10.3 Å². The Hall–Kier alpha value is -1.13. The van der Waals surface area contributed by atoms with Crippen LogP contribution in [0.1, 0.15) is 17.2 Å². The number of likely N-dealkylation sites (N-methyl/N-ethyl adjacent to an activating group) is 1. The Labute approximate surface area is 137 Å². The number of hydrogen-bond acceptors (Lipinski definition) is 3. The third-order valence-corrected chi connectivity index (χ3v) is 3.57. The zero-order valence-corrected chi connectivity index (χ0v) is 13.5. The summed E-state index contributed by atoms with van der Waals surface area (Å²) < 4.78 is 5.86. The van der Waals surface area contributed by atoms with E-state index in [2.05, 4.69) is 34.6 Å². The Balaban J connectivity index is 0.00000110. The summed E-state index contributed by atoms with van der Waals surface area (Å²) in [5.41, 5.74) is 5.07. The molecule has 0 radical (unpaired) electrons. The van der Waals surface area contributed by atoms with Crippen LogP contribution in [0.5, 0.6) is 0 Å². The van der Waals surface area contributed by atoms with E-state index in [1.807, 2.05) is 19.3 Å². The highest BCUT2D eigenvalue weighted by atomic mass is 35.5. The van der Waals surface area contributed by atoms with Crippen LogP contribution in [0.15, 0.2) is 42.7 Å². The summed E-state index contributed by atoms with van der Waals surface area (Å²) in [4.78, 5) is 4.18. The largest absolute Gasteiger partial charge is 0.372 e. The first-order valence-electron chi connectivity index (χ1n) is 6.68.